The molecule has 83 heavy (non-hydrogen) atoms. The molecule has 0 saturated heterocycles. The molecule has 8 rings (SSSR count). The number of ether oxygens (including phenoxy) is 4. The number of methoxy groups -OCH3 is 1. The van der Waals surface area contributed by atoms with E-state index in [9.17, 15) is 29.5 Å². The number of carbonyl (C=O) groups excluding carboxylic acids is 5. The van der Waals surface area contributed by atoms with Crippen LogP contribution >= 0.6 is 0 Å². The molecule has 3 atom stereocenters. The fraction of sp³-hybridized carbons (Fsp3) is 0.273. The third-order valence-corrected chi connectivity index (χ3v) is 14.7. The Morgan fingerprint density at radius 3 is 2.11 bits per heavy atom. The predicted molar refractivity (Wildman–Crippen MR) is 320 cm³/mol. The van der Waals surface area contributed by atoms with Crippen LogP contribution in [0.1, 0.15) is 75.7 Å². The molecule has 7 aromatic carbocycles. The van der Waals surface area contributed by atoms with Crippen molar-refractivity contribution in [2.45, 2.75) is 51.9 Å². The van der Waals surface area contributed by atoms with Gasteiger partial charge in [0.15, 0.2) is 0 Å². The largest absolute Gasteiger partial charge is 0.508 e. The summed E-state index contributed by atoms with van der Waals surface area (Å²) in [5.74, 6) is -0.688. The number of benzene rings is 7. The van der Waals surface area contributed by atoms with Gasteiger partial charge in [0.2, 0.25) is 11.8 Å². The Kier molecular flexibility index (Phi) is 20.4. The Labute approximate surface area is 484 Å². The maximum absolute atomic E-state index is 15.0. The number of hydrogen-bond donors (Lipinski definition) is 4. The number of amides is 5. The zero-order valence-electron chi connectivity index (χ0n) is 47.5. The van der Waals surface area contributed by atoms with Gasteiger partial charge in [0, 0.05) is 30.3 Å². The van der Waals surface area contributed by atoms with Crippen molar-refractivity contribution in [3.63, 3.8) is 0 Å². The quantitative estimate of drug-likeness (QED) is 0.0331. The summed E-state index contributed by atoms with van der Waals surface area (Å²) >= 11 is 0. The molecule has 7 aromatic rings. The van der Waals surface area contributed by atoms with Gasteiger partial charge in [-0.05, 0) is 139 Å². The molecule has 17 nitrogen and oxygen atoms in total. The molecular weight excluding hydrogens is 1050 g/mol. The SMILES string of the molecule is CCC(=C(c1ccc(O)cc1)c1ccc(OCCN(C)C(=O)COCCOCCNC(=O)c2ccc(C(=O)N3c4cc(C#N)ccc4N(Cc4c(OC)ccc5ccccc45)C(=O)[C@@H](NC(=O)C(C)NC)[C@@H]3C)cc2)cc1)c1ccccc1. The number of nitriles is 1. The van der Waals surface area contributed by atoms with Gasteiger partial charge < -0.3 is 54.7 Å². The lowest BCUT2D eigenvalue weighted by Gasteiger charge is -2.33. The van der Waals surface area contributed by atoms with Crippen LogP contribution in [-0.4, -0.2) is 125 Å². The number of aromatic hydroxyl groups is 1. The first-order valence-electron chi connectivity index (χ1n) is 27.5. The second-order valence-corrected chi connectivity index (χ2v) is 19.9. The number of carbonyl (C=O) groups is 5. The van der Waals surface area contributed by atoms with Gasteiger partial charge in [0.25, 0.3) is 17.7 Å². The topological polar surface area (TPSA) is 212 Å². The van der Waals surface area contributed by atoms with E-state index in [0.717, 1.165) is 39.5 Å². The van der Waals surface area contributed by atoms with E-state index in [2.05, 4.69) is 41.1 Å². The van der Waals surface area contributed by atoms with Gasteiger partial charge in [-0.2, -0.15) is 5.26 Å². The first kappa shape index (κ1) is 59.8. The minimum absolute atomic E-state index is 0.00383. The first-order chi connectivity index (χ1) is 40.2. The lowest BCUT2D eigenvalue weighted by atomic mass is 9.88. The van der Waals surface area contributed by atoms with Crippen LogP contribution in [-0.2, 0) is 30.4 Å². The molecule has 0 bridgehead atoms. The zero-order chi connectivity index (χ0) is 59.0. The van der Waals surface area contributed by atoms with Crippen LogP contribution in [0.15, 0.2) is 158 Å². The highest BCUT2D eigenvalue weighted by atomic mass is 16.5. The van der Waals surface area contributed by atoms with Crippen LogP contribution in [0, 0.1) is 11.3 Å². The first-order valence-corrected chi connectivity index (χ1v) is 27.5. The van der Waals surface area contributed by atoms with E-state index in [1.54, 1.807) is 65.4 Å². The summed E-state index contributed by atoms with van der Waals surface area (Å²) in [5, 5.41) is 30.5. The molecule has 17 heteroatoms. The number of nitrogens with one attached hydrogen (secondary N) is 3. The summed E-state index contributed by atoms with van der Waals surface area (Å²) in [5.41, 5.74) is 7.41. The van der Waals surface area contributed by atoms with Crippen LogP contribution < -0.4 is 35.2 Å². The number of likely N-dealkylation sites (N-methyl/N-ethyl adjacent to an activating group) is 2. The van der Waals surface area contributed by atoms with Crippen LogP contribution in [0.5, 0.6) is 17.2 Å². The average molecular weight is 1120 g/mol. The Hall–Kier alpha value is -9.34. The average Bonchev–Trinajstić information content (AvgIpc) is 3.93. The van der Waals surface area contributed by atoms with Crippen molar-refractivity contribution in [3.8, 4) is 23.3 Å². The van der Waals surface area contributed by atoms with Gasteiger partial charge in [-0.3, -0.25) is 24.0 Å². The summed E-state index contributed by atoms with van der Waals surface area (Å²) in [6.45, 7) is 6.62. The Morgan fingerprint density at radius 2 is 1.42 bits per heavy atom. The third-order valence-electron chi connectivity index (χ3n) is 14.7. The van der Waals surface area contributed by atoms with E-state index in [1.165, 1.54) is 44.5 Å². The molecule has 5 amide bonds. The van der Waals surface area contributed by atoms with Crippen molar-refractivity contribution in [2.75, 3.05) is 77.1 Å². The summed E-state index contributed by atoms with van der Waals surface area (Å²) in [6, 6.07) is 46.9. The number of phenols is 1. The second-order valence-electron chi connectivity index (χ2n) is 19.9. The Bertz CT molecular complexity index is 3490. The van der Waals surface area contributed by atoms with Crippen molar-refractivity contribution < 1.29 is 48.0 Å². The van der Waals surface area contributed by atoms with Gasteiger partial charge in [0.1, 0.15) is 36.5 Å². The monoisotopic (exact) mass is 1120 g/mol. The van der Waals surface area contributed by atoms with Crippen LogP contribution in [0.25, 0.3) is 21.9 Å². The molecule has 1 aliphatic rings. The molecule has 0 saturated carbocycles. The number of rotatable bonds is 24. The number of phenolic OH excluding ortho intramolecular Hbond substituents is 1. The van der Waals surface area contributed by atoms with Gasteiger partial charge in [-0.15, -0.1) is 0 Å². The van der Waals surface area contributed by atoms with Crippen molar-refractivity contribution in [1.29, 1.82) is 5.26 Å². The Morgan fingerprint density at radius 1 is 0.759 bits per heavy atom. The van der Waals surface area contributed by atoms with E-state index in [1.807, 2.05) is 91.0 Å². The molecule has 0 aromatic heterocycles. The van der Waals surface area contributed by atoms with Gasteiger partial charge >= 0.3 is 0 Å². The number of hydrogen-bond acceptors (Lipinski definition) is 12. The van der Waals surface area contributed by atoms with E-state index in [-0.39, 0.29) is 80.2 Å². The van der Waals surface area contributed by atoms with Crippen LogP contribution in [0.3, 0.4) is 0 Å². The van der Waals surface area contributed by atoms with Gasteiger partial charge in [0.05, 0.1) is 75.1 Å². The standard InChI is InChI=1S/C66H69N7O10/c1-7-54(46-13-9-8-10-14-46)61(48-22-27-52(74)28-23-48)49-24-29-53(30-25-49)83-36-34-71(5)60(75)42-82-38-37-81-35-33-69-64(77)50-18-20-51(21-19-50)65(78)73-44(3)62(70-63(76)43(2)68-4)66(79)72(57-31-17-45(40-67)39-58(57)73)41-56-55-16-12-11-15-47(55)26-32-59(56)80-6/h8-32,39,43-44,62,68,74H,7,33-38,41-42H2,1-6H3,(H,69,77)(H,70,76)/t43?,44-,62-/m0/s1. The van der Waals surface area contributed by atoms with Crippen molar-refractivity contribution in [1.82, 2.24) is 20.9 Å². The summed E-state index contributed by atoms with van der Waals surface area (Å²) in [4.78, 5) is 74.1. The number of allylic oxidation sites excluding steroid dienone is 1. The van der Waals surface area contributed by atoms with Crippen LogP contribution in [0.2, 0.25) is 0 Å². The molecule has 0 spiro atoms. The molecule has 1 unspecified atom stereocenters. The van der Waals surface area contributed by atoms with Gasteiger partial charge in [-0.25, -0.2) is 0 Å². The van der Waals surface area contributed by atoms with Crippen molar-refractivity contribution >= 4 is 62.8 Å². The summed E-state index contributed by atoms with van der Waals surface area (Å²) in [7, 11) is 4.86. The van der Waals surface area contributed by atoms with Gasteiger partial charge in [-0.1, -0.05) is 91.9 Å². The highest BCUT2D eigenvalue weighted by molar-refractivity contribution is 6.14. The fourth-order valence-corrected chi connectivity index (χ4v) is 9.94. The zero-order valence-corrected chi connectivity index (χ0v) is 47.5. The maximum Gasteiger partial charge on any atom is 0.258 e. The molecule has 4 N–H and O–H groups in total. The smallest absolute Gasteiger partial charge is 0.258 e. The van der Waals surface area contributed by atoms with E-state index in [0.29, 0.717) is 29.3 Å². The van der Waals surface area contributed by atoms with Crippen molar-refractivity contribution in [2.24, 2.45) is 0 Å². The molecule has 1 heterocycles. The fourth-order valence-electron chi connectivity index (χ4n) is 9.94. The maximum atomic E-state index is 15.0. The number of anilines is 2. The Balaban J connectivity index is 0.820. The lowest BCUT2D eigenvalue weighted by molar-refractivity contribution is -0.135. The predicted octanol–water partition coefficient (Wildman–Crippen LogP) is 8.77. The van der Waals surface area contributed by atoms with Crippen LogP contribution in [0.4, 0.5) is 11.4 Å². The minimum Gasteiger partial charge on any atom is -0.508 e. The molecule has 428 valence electrons. The number of fused-ring (bicyclic) bond motifs is 2. The molecule has 1 aliphatic heterocycles. The summed E-state index contributed by atoms with van der Waals surface area (Å²) in [6.07, 6.45) is 0.802. The normalized spacial score (nSPS) is 14.6. The minimum atomic E-state index is -1.24. The number of nitrogens with zero attached hydrogens (tertiary/aromatic N) is 4. The highest BCUT2D eigenvalue weighted by Gasteiger charge is 2.43. The third kappa shape index (κ3) is 14.4. The summed E-state index contributed by atoms with van der Waals surface area (Å²) < 4.78 is 23.1. The van der Waals surface area contributed by atoms with Crippen molar-refractivity contribution in [3.05, 3.63) is 197 Å². The molecule has 0 aliphatic carbocycles. The molecular formula is C66H69N7O10. The lowest BCUT2D eigenvalue weighted by Crippen LogP contribution is -2.59. The molecule has 0 radical (unpaired) electrons. The van der Waals surface area contributed by atoms with E-state index in [4.69, 9.17) is 18.9 Å². The second kappa shape index (κ2) is 28.4. The van der Waals surface area contributed by atoms with E-state index < -0.39 is 41.8 Å². The van der Waals surface area contributed by atoms with E-state index >= 15 is 4.79 Å². The highest BCUT2D eigenvalue weighted by Crippen LogP contribution is 2.41. The molecule has 0 fully saturated rings.